The quantitative estimate of drug-likeness (QED) is 0.534. The highest BCUT2D eigenvalue weighted by Crippen LogP contribution is 2.72. The molecule has 5 rings (SSSR count). The van der Waals surface area contributed by atoms with E-state index in [1.54, 1.807) is 23.6 Å². The van der Waals surface area contributed by atoms with Crippen LogP contribution < -0.4 is 5.32 Å². The summed E-state index contributed by atoms with van der Waals surface area (Å²) in [5, 5.41) is 13.7. The molecule has 6 atom stereocenters. The van der Waals surface area contributed by atoms with Crippen molar-refractivity contribution < 1.29 is 24.2 Å². The molecule has 8 heteroatoms. The maximum Gasteiger partial charge on any atom is 0.311 e. The molecule has 3 aliphatic heterocycles. The van der Waals surface area contributed by atoms with Gasteiger partial charge in [-0.2, -0.15) is 0 Å². The Bertz CT molecular complexity index is 1220. The fraction of sp³-hybridized carbons (Fsp3) is 0.483. The van der Waals surface area contributed by atoms with Crippen molar-refractivity contribution in [1.82, 2.24) is 4.90 Å². The van der Waals surface area contributed by atoms with Gasteiger partial charge < -0.3 is 20.1 Å². The zero-order valence-electron chi connectivity index (χ0n) is 21.7. The lowest BCUT2D eigenvalue weighted by Gasteiger charge is -2.37. The summed E-state index contributed by atoms with van der Waals surface area (Å²) in [4.78, 5) is 43.4. The number of hydrogen-bond donors (Lipinski definition) is 2. The van der Waals surface area contributed by atoms with Gasteiger partial charge >= 0.3 is 5.97 Å². The van der Waals surface area contributed by atoms with Crippen LogP contribution in [-0.2, 0) is 19.1 Å². The van der Waals surface area contributed by atoms with E-state index in [2.05, 4.69) is 5.32 Å². The van der Waals surface area contributed by atoms with Crippen LogP contribution in [0.2, 0.25) is 0 Å². The first-order chi connectivity index (χ1) is 17.7. The molecule has 37 heavy (non-hydrogen) atoms. The van der Waals surface area contributed by atoms with Crippen molar-refractivity contribution in [1.29, 1.82) is 0 Å². The molecule has 3 heterocycles. The number of aliphatic hydroxyl groups excluding tert-OH is 1. The Morgan fingerprint density at radius 1 is 1.14 bits per heavy atom. The second-order valence-electron chi connectivity index (χ2n) is 10.6. The number of carbonyl (C=O) groups is 3. The summed E-state index contributed by atoms with van der Waals surface area (Å²) < 4.78 is 4.18. The molecule has 2 aromatic rings. The monoisotopic (exact) mass is 522 g/mol. The number of benzene rings is 2. The summed E-state index contributed by atoms with van der Waals surface area (Å²) in [7, 11) is 0. The van der Waals surface area contributed by atoms with Crippen LogP contribution in [-0.4, -0.2) is 56.5 Å². The van der Waals surface area contributed by atoms with Crippen LogP contribution in [0.15, 0.2) is 48.5 Å². The SMILES string of the molecule is CCOC(=O)[C@H]1[C@H]2C(=O)N([C@H](CO)c3ccccc3)C(C(=O)Nc3c(C)cccc3C)C23CC[C@]1(C)S3. The van der Waals surface area contributed by atoms with Crippen molar-refractivity contribution in [3.8, 4) is 0 Å². The van der Waals surface area contributed by atoms with Gasteiger partial charge in [0.2, 0.25) is 11.8 Å². The molecule has 2 N–H and O–H groups in total. The molecule has 196 valence electrons. The third kappa shape index (κ3) is 3.87. The number of amides is 2. The van der Waals surface area contributed by atoms with Gasteiger partial charge in [0.15, 0.2) is 0 Å². The summed E-state index contributed by atoms with van der Waals surface area (Å²) in [6.45, 7) is 7.55. The van der Waals surface area contributed by atoms with Crippen molar-refractivity contribution in [2.45, 2.75) is 62.1 Å². The van der Waals surface area contributed by atoms with Crippen LogP contribution in [0.3, 0.4) is 0 Å². The molecule has 2 unspecified atom stereocenters. The molecule has 0 radical (unpaired) electrons. The second kappa shape index (κ2) is 9.48. The number of thioether (sulfide) groups is 1. The number of anilines is 1. The van der Waals surface area contributed by atoms with E-state index < -0.39 is 33.4 Å². The topological polar surface area (TPSA) is 95.9 Å². The smallest absolute Gasteiger partial charge is 0.311 e. The molecule has 3 fully saturated rings. The minimum Gasteiger partial charge on any atom is -0.466 e. The standard InChI is InChI=1S/C29H34N2O5S/c1-5-36-27(35)22-21-26(34)31(20(16-32)19-12-7-6-8-13-19)24(29(21)15-14-28(22,4)37-29)25(33)30-23-17(2)10-9-11-18(23)3/h6-13,20-22,24,32H,5,14-16H2,1-4H3,(H,30,33)/t20-,21+,22-,24?,28+,29?/m1/s1. The van der Waals surface area contributed by atoms with Gasteiger partial charge in [-0.25, -0.2) is 0 Å². The number of ether oxygens (including phenoxy) is 1. The van der Waals surface area contributed by atoms with E-state index in [4.69, 9.17) is 4.74 Å². The number of para-hydroxylation sites is 1. The summed E-state index contributed by atoms with van der Waals surface area (Å²) in [6.07, 6.45) is 1.34. The number of likely N-dealkylation sites (tertiary alicyclic amines) is 1. The third-order valence-electron chi connectivity index (χ3n) is 8.43. The minimum atomic E-state index is -0.854. The zero-order chi connectivity index (χ0) is 26.5. The predicted molar refractivity (Wildman–Crippen MR) is 143 cm³/mol. The molecule has 2 bridgehead atoms. The highest BCUT2D eigenvalue weighted by atomic mass is 32.2. The predicted octanol–water partition coefficient (Wildman–Crippen LogP) is 4.02. The van der Waals surface area contributed by atoms with E-state index in [0.29, 0.717) is 12.8 Å². The number of fused-ring (bicyclic) bond motifs is 1. The van der Waals surface area contributed by atoms with Crippen molar-refractivity contribution in [2.75, 3.05) is 18.5 Å². The Balaban J connectivity index is 1.63. The molecule has 2 amide bonds. The molecular formula is C29H34N2O5S. The Hall–Kier alpha value is -2.84. The Labute approximate surface area is 222 Å². The van der Waals surface area contributed by atoms with Gasteiger partial charge in [-0.3, -0.25) is 14.4 Å². The maximum absolute atomic E-state index is 14.3. The Kier molecular flexibility index (Phi) is 6.61. The van der Waals surface area contributed by atoms with Crippen LogP contribution in [0.25, 0.3) is 0 Å². The highest BCUT2D eigenvalue weighted by molar-refractivity contribution is 8.02. The van der Waals surface area contributed by atoms with E-state index in [1.807, 2.05) is 69.3 Å². The number of nitrogens with zero attached hydrogens (tertiary/aromatic N) is 1. The normalized spacial score (nSPS) is 30.8. The first kappa shape index (κ1) is 25.8. The van der Waals surface area contributed by atoms with Crippen molar-refractivity contribution in [3.63, 3.8) is 0 Å². The van der Waals surface area contributed by atoms with Crippen LogP contribution in [0.4, 0.5) is 5.69 Å². The van der Waals surface area contributed by atoms with Crippen molar-refractivity contribution >= 4 is 35.2 Å². The lowest BCUT2D eigenvalue weighted by atomic mass is 9.66. The Morgan fingerprint density at radius 3 is 2.43 bits per heavy atom. The number of carbonyl (C=O) groups excluding carboxylic acids is 3. The summed E-state index contributed by atoms with van der Waals surface area (Å²) in [5.41, 5.74) is 3.34. The fourth-order valence-corrected chi connectivity index (χ4v) is 9.15. The van der Waals surface area contributed by atoms with Gasteiger partial charge in [-0.15, -0.1) is 11.8 Å². The van der Waals surface area contributed by atoms with E-state index in [1.165, 1.54) is 0 Å². The minimum absolute atomic E-state index is 0.230. The third-order valence-corrected chi connectivity index (χ3v) is 10.4. The molecule has 0 aliphatic carbocycles. The number of nitrogens with one attached hydrogen (secondary N) is 1. The second-order valence-corrected chi connectivity index (χ2v) is 12.5. The fourth-order valence-electron chi connectivity index (χ4n) is 6.82. The van der Waals surface area contributed by atoms with E-state index >= 15 is 0 Å². The first-order valence-corrected chi connectivity index (χ1v) is 13.7. The van der Waals surface area contributed by atoms with Crippen LogP contribution in [0.1, 0.15) is 49.4 Å². The summed E-state index contributed by atoms with van der Waals surface area (Å²) >= 11 is 1.59. The van der Waals surface area contributed by atoms with Gasteiger partial charge in [0.25, 0.3) is 0 Å². The van der Waals surface area contributed by atoms with Gasteiger partial charge in [-0.05, 0) is 57.2 Å². The summed E-state index contributed by atoms with van der Waals surface area (Å²) in [6, 6.07) is 13.5. The average Bonchev–Trinajstić information content (AvgIpc) is 3.44. The van der Waals surface area contributed by atoms with Gasteiger partial charge in [0.1, 0.15) is 6.04 Å². The van der Waals surface area contributed by atoms with E-state index in [9.17, 15) is 19.5 Å². The van der Waals surface area contributed by atoms with Gasteiger partial charge in [0.05, 0.1) is 35.8 Å². The first-order valence-electron chi connectivity index (χ1n) is 12.9. The van der Waals surface area contributed by atoms with Crippen LogP contribution in [0, 0.1) is 25.7 Å². The molecule has 0 saturated carbocycles. The number of rotatable bonds is 7. The lowest BCUT2D eigenvalue weighted by molar-refractivity contribution is -0.155. The molecule has 0 aromatic heterocycles. The summed E-state index contributed by atoms with van der Waals surface area (Å²) in [5.74, 6) is -2.27. The molecular weight excluding hydrogens is 488 g/mol. The lowest BCUT2D eigenvalue weighted by Crippen LogP contribution is -2.52. The number of aryl methyl sites for hydroxylation is 2. The van der Waals surface area contributed by atoms with Crippen molar-refractivity contribution in [2.24, 2.45) is 11.8 Å². The zero-order valence-corrected chi connectivity index (χ0v) is 22.5. The largest absolute Gasteiger partial charge is 0.466 e. The molecule has 3 aliphatic rings. The number of aliphatic hydroxyl groups is 1. The molecule has 1 spiro atoms. The van der Waals surface area contributed by atoms with Crippen LogP contribution >= 0.6 is 11.8 Å². The molecule has 3 saturated heterocycles. The van der Waals surface area contributed by atoms with Gasteiger partial charge in [0, 0.05) is 10.4 Å². The highest BCUT2D eigenvalue weighted by Gasteiger charge is 2.78. The van der Waals surface area contributed by atoms with Crippen LogP contribution in [0.5, 0.6) is 0 Å². The Morgan fingerprint density at radius 2 is 1.81 bits per heavy atom. The number of esters is 1. The van der Waals surface area contributed by atoms with Crippen molar-refractivity contribution in [3.05, 3.63) is 65.2 Å². The average molecular weight is 523 g/mol. The molecule has 7 nitrogen and oxygen atoms in total. The van der Waals surface area contributed by atoms with E-state index in [-0.39, 0.29) is 31.0 Å². The van der Waals surface area contributed by atoms with E-state index in [0.717, 1.165) is 22.4 Å². The molecule has 2 aromatic carbocycles. The number of hydrogen-bond acceptors (Lipinski definition) is 6. The van der Waals surface area contributed by atoms with Gasteiger partial charge in [-0.1, -0.05) is 48.5 Å². The maximum atomic E-state index is 14.3.